The van der Waals surface area contributed by atoms with E-state index in [1.807, 2.05) is 11.3 Å². The molecule has 0 saturated carbocycles. The molecular formula is C42H25NS. The maximum absolute atomic E-state index is 2.46. The maximum atomic E-state index is 2.46. The molecule has 0 aliphatic carbocycles. The number of thiophene rings is 1. The lowest BCUT2D eigenvalue weighted by molar-refractivity contribution is 1.19. The van der Waals surface area contributed by atoms with E-state index >= 15 is 0 Å². The van der Waals surface area contributed by atoms with Crippen molar-refractivity contribution < 1.29 is 0 Å². The van der Waals surface area contributed by atoms with Gasteiger partial charge in [0.15, 0.2) is 0 Å². The van der Waals surface area contributed by atoms with Gasteiger partial charge in [-0.15, -0.1) is 11.3 Å². The van der Waals surface area contributed by atoms with Crippen LogP contribution in [0.15, 0.2) is 152 Å². The fourth-order valence-electron chi connectivity index (χ4n) is 7.51. The van der Waals surface area contributed by atoms with Gasteiger partial charge in [-0.1, -0.05) is 109 Å². The van der Waals surface area contributed by atoms with Crippen LogP contribution >= 0.6 is 11.3 Å². The lowest BCUT2D eigenvalue weighted by Gasteiger charge is -2.16. The smallest absolute Gasteiger partial charge is 0.0626 e. The molecule has 0 saturated heterocycles. The summed E-state index contributed by atoms with van der Waals surface area (Å²) in [6.45, 7) is 0. The van der Waals surface area contributed by atoms with Gasteiger partial charge in [0.1, 0.15) is 0 Å². The second-order valence-electron chi connectivity index (χ2n) is 11.7. The average Bonchev–Trinajstić information content (AvgIpc) is 3.64. The summed E-state index contributed by atoms with van der Waals surface area (Å²) in [5.41, 5.74) is 6.22. The zero-order chi connectivity index (χ0) is 28.8. The summed E-state index contributed by atoms with van der Waals surface area (Å²) >= 11 is 1.87. The van der Waals surface area contributed by atoms with Crippen molar-refractivity contribution in [1.82, 2.24) is 4.57 Å². The third-order valence-electron chi connectivity index (χ3n) is 9.34. The average molecular weight is 576 g/mol. The van der Waals surface area contributed by atoms with Crippen LogP contribution in [0, 0.1) is 0 Å². The quantitative estimate of drug-likeness (QED) is 0.181. The number of rotatable bonds is 2. The molecule has 44 heavy (non-hydrogen) atoms. The van der Waals surface area contributed by atoms with E-state index < -0.39 is 0 Å². The van der Waals surface area contributed by atoms with E-state index in [1.54, 1.807) is 0 Å². The number of para-hydroxylation sites is 2. The van der Waals surface area contributed by atoms with E-state index in [2.05, 4.69) is 156 Å². The predicted molar refractivity (Wildman–Crippen MR) is 192 cm³/mol. The molecule has 0 amide bonds. The van der Waals surface area contributed by atoms with Crippen molar-refractivity contribution in [3.63, 3.8) is 0 Å². The van der Waals surface area contributed by atoms with Gasteiger partial charge in [0, 0.05) is 47.4 Å². The number of fused-ring (bicyclic) bond motifs is 13. The zero-order valence-corrected chi connectivity index (χ0v) is 24.6. The van der Waals surface area contributed by atoms with E-state index in [-0.39, 0.29) is 0 Å². The van der Waals surface area contributed by atoms with Gasteiger partial charge in [0.2, 0.25) is 0 Å². The SMILES string of the molecule is c1ccc(-n2c3ccccc3c3c4c5ccccc5c(-c5ccc6sc7ccccc7c6c5)cc4c4ccccc4c32)cc1. The molecule has 8 aromatic carbocycles. The Balaban J connectivity index is 1.42. The Morgan fingerprint density at radius 3 is 1.86 bits per heavy atom. The van der Waals surface area contributed by atoms with Crippen LogP contribution in [0.25, 0.3) is 91.1 Å². The van der Waals surface area contributed by atoms with Gasteiger partial charge in [0.25, 0.3) is 0 Å². The summed E-state index contributed by atoms with van der Waals surface area (Å²) < 4.78 is 5.14. The van der Waals surface area contributed by atoms with Gasteiger partial charge in [-0.3, -0.25) is 0 Å². The fourth-order valence-corrected chi connectivity index (χ4v) is 8.59. The fraction of sp³-hybridized carbons (Fsp3) is 0. The van der Waals surface area contributed by atoms with Gasteiger partial charge in [-0.25, -0.2) is 0 Å². The molecule has 0 unspecified atom stereocenters. The third-order valence-corrected chi connectivity index (χ3v) is 10.5. The molecule has 0 spiro atoms. The van der Waals surface area contributed by atoms with Crippen LogP contribution in [0.3, 0.4) is 0 Å². The van der Waals surface area contributed by atoms with Gasteiger partial charge in [0.05, 0.1) is 11.0 Å². The molecule has 0 N–H and O–H groups in total. The summed E-state index contributed by atoms with van der Waals surface area (Å²) in [6.07, 6.45) is 0. The van der Waals surface area contributed by atoms with Crippen LogP contribution in [-0.2, 0) is 0 Å². The van der Waals surface area contributed by atoms with Crippen molar-refractivity contribution in [3.8, 4) is 16.8 Å². The molecule has 0 atom stereocenters. The number of hydrogen-bond donors (Lipinski definition) is 0. The summed E-state index contributed by atoms with van der Waals surface area (Å²) in [4.78, 5) is 0. The van der Waals surface area contributed by atoms with Gasteiger partial charge in [-0.05, 0) is 75.1 Å². The third kappa shape index (κ3) is 3.23. The normalized spacial score (nSPS) is 12.1. The molecule has 10 aromatic rings. The highest BCUT2D eigenvalue weighted by atomic mass is 32.1. The molecular weight excluding hydrogens is 551 g/mol. The molecule has 2 heteroatoms. The molecule has 204 valence electrons. The van der Waals surface area contributed by atoms with Gasteiger partial charge < -0.3 is 4.57 Å². The molecule has 2 aromatic heterocycles. The van der Waals surface area contributed by atoms with Crippen LogP contribution in [0.4, 0.5) is 0 Å². The first-order valence-electron chi connectivity index (χ1n) is 15.1. The van der Waals surface area contributed by atoms with Crippen molar-refractivity contribution in [1.29, 1.82) is 0 Å². The van der Waals surface area contributed by atoms with Crippen LogP contribution in [0.5, 0.6) is 0 Å². The van der Waals surface area contributed by atoms with Crippen LogP contribution in [0.2, 0.25) is 0 Å². The highest BCUT2D eigenvalue weighted by Crippen LogP contribution is 2.47. The van der Waals surface area contributed by atoms with Gasteiger partial charge in [-0.2, -0.15) is 0 Å². The van der Waals surface area contributed by atoms with Crippen molar-refractivity contribution in [3.05, 3.63) is 152 Å². The Morgan fingerprint density at radius 1 is 0.386 bits per heavy atom. The second-order valence-corrected chi connectivity index (χ2v) is 12.7. The van der Waals surface area contributed by atoms with Crippen LogP contribution in [-0.4, -0.2) is 4.57 Å². The van der Waals surface area contributed by atoms with E-state index in [1.165, 1.54) is 91.1 Å². The van der Waals surface area contributed by atoms with Crippen molar-refractivity contribution in [2.75, 3.05) is 0 Å². The number of hydrogen-bond acceptors (Lipinski definition) is 1. The summed E-state index contributed by atoms with van der Waals surface area (Å²) in [7, 11) is 0. The molecule has 1 nitrogen and oxygen atoms in total. The van der Waals surface area contributed by atoms with Crippen molar-refractivity contribution in [2.24, 2.45) is 0 Å². The van der Waals surface area contributed by atoms with E-state index in [4.69, 9.17) is 0 Å². The lowest BCUT2D eigenvalue weighted by Crippen LogP contribution is -1.94. The Labute approximate surface area is 257 Å². The summed E-state index contributed by atoms with van der Waals surface area (Å²) in [5, 5.41) is 13.0. The zero-order valence-electron chi connectivity index (χ0n) is 23.8. The first-order chi connectivity index (χ1) is 21.8. The summed E-state index contributed by atoms with van der Waals surface area (Å²) in [5.74, 6) is 0. The largest absolute Gasteiger partial charge is 0.309 e. The minimum Gasteiger partial charge on any atom is -0.309 e. The number of aromatic nitrogens is 1. The Bertz CT molecular complexity index is 2760. The van der Waals surface area contributed by atoms with Gasteiger partial charge >= 0.3 is 0 Å². The minimum absolute atomic E-state index is 1.18. The molecule has 0 aliphatic rings. The van der Waals surface area contributed by atoms with E-state index in [0.29, 0.717) is 0 Å². The monoisotopic (exact) mass is 575 g/mol. The van der Waals surface area contributed by atoms with Crippen LogP contribution in [0.1, 0.15) is 0 Å². The van der Waals surface area contributed by atoms with Crippen molar-refractivity contribution >= 4 is 85.6 Å². The van der Waals surface area contributed by atoms with Crippen LogP contribution < -0.4 is 0 Å². The first kappa shape index (κ1) is 24.0. The molecule has 0 fully saturated rings. The molecule has 0 radical (unpaired) electrons. The molecule has 0 aliphatic heterocycles. The maximum Gasteiger partial charge on any atom is 0.0626 e. The molecule has 0 bridgehead atoms. The second kappa shape index (κ2) is 9.03. The lowest BCUT2D eigenvalue weighted by atomic mass is 9.88. The molecule has 10 rings (SSSR count). The number of benzene rings is 8. The first-order valence-corrected chi connectivity index (χ1v) is 15.9. The number of nitrogens with zero attached hydrogens (tertiary/aromatic N) is 1. The Morgan fingerprint density at radius 2 is 1.02 bits per heavy atom. The predicted octanol–water partition coefficient (Wildman–Crippen LogP) is 12.3. The highest BCUT2D eigenvalue weighted by molar-refractivity contribution is 7.25. The standard InChI is InChI=1S/C42H25NS/c1-2-12-27(13-3-1)43-37-20-10-8-19-33(37)41-40-31-17-6-4-14-28(31)34(25-36(40)29-15-5-7-18-32(29)42(41)43)26-22-23-39-35(24-26)30-16-9-11-21-38(30)44-39/h1-25H. The topological polar surface area (TPSA) is 4.93 Å². The Kier molecular flexibility index (Phi) is 4.94. The van der Waals surface area contributed by atoms with E-state index in [9.17, 15) is 0 Å². The minimum atomic E-state index is 1.18. The van der Waals surface area contributed by atoms with E-state index in [0.717, 1.165) is 0 Å². The highest BCUT2D eigenvalue weighted by Gasteiger charge is 2.21. The molecule has 2 heterocycles. The summed E-state index contributed by atoms with van der Waals surface area (Å²) in [6, 6.07) is 55.9. The Hall–Kier alpha value is -5.44. The van der Waals surface area contributed by atoms with Crippen molar-refractivity contribution in [2.45, 2.75) is 0 Å².